The van der Waals surface area contributed by atoms with Crippen molar-refractivity contribution in [2.75, 3.05) is 18.9 Å². The van der Waals surface area contributed by atoms with Gasteiger partial charge < -0.3 is 24.8 Å². The van der Waals surface area contributed by atoms with Crippen LogP contribution in [0.15, 0.2) is 77.7 Å². The first-order valence-electron chi connectivity index (χ1n) is 13.4. The van der Waals surface area contributed by atoms with Crippen molar-refractivity contribution in [1.29, 1.82) is 0 Å². The molecule has 1 spiro atoms. The summed E-state index contributed by atoms with van der Waals surface area (Å²) in [7, 11) is -4.26. The van der Waals surface area contributed by atoms with Crippen molar-refractivity contribution in [3.8, 4) is 5.75 Å². The van der Waals surface area contributed by atoms with Gasteiger partial charge in [0.05, 0.1) is 19.3 Å². The number of hydrogen-bond acceptors (Lipinski definition) is 10. The first-order chi connectivity index (χ1) is 19.7. The zero-order valence-electron chi connectivity index (χ0n) is 22.5. The fourth-order valence-corrected chi connectivity index (χ4v) is 6.50. The highest BCUT2D eigenvalue weighted by atomic mass is 31.2. The van der Waals surface area contributed by atoms with E-state index in [0.29, 0.717) is 12.8 Å². The molecule has 12 nitrogen and oxygen atoms in total. The second-order valence-electron chi connectivity index (χ2n) is 10.1. The molecule has 2 heterocycles. The second-order valence-corrected chi connectivity index (χ2v) is 11.8. The molecule has 2 fully saturated rings. The van der Waals surface area contributed by atoms with Crippen LogP contribution >= 0.6 is 7.75 Å². The number of carbonyl (C=O) groups is 1. The Morgan fingerprint density at radius 1 is 1.20 bits per heavy atom. The van der Waals surface area contributed by atoms with Crippen molar-refractivity contribution in [2.45, 2.75) is 50.7 Å². The van der Waals surface area contributed by atoms with Crippen LogP contribution in [0.4, 0.5) is 5.82 Å². The number of nitrogens with two attached hydrogens (primary N) is 1. The lowest BCUT2D eigenvalue weighted by Crippen LogP contribution is -2.40. The van der Waals surface area contributed by atoms with Gasteiger partial charge in [-0.15, -0.1) is 0 Å². The maximum atomic E-state index is 14.2. The molecule has 41 heavy (non-hydrogen) atoms. The van der Waals surface area contributed by atoms with Gasteiger partial charge in [0.1, 0.15) is 29.9 Å². The van der Waals surface area contributed by atoms with Crippen molar-refractivity contribution in [3.63, 3.8) is 0 Å². The van der Waals surface area contributed by atoms with E-state index in [1.807, 2.05) is 30.3 Å². The molecule has 0 amide bonds. The topological polar surface area (TPSA) is 164 Å². The number of aliphatic hydroxyl groups is 1. The minimum atomic E-state index is -4.26. The molecule has 0 bridgehead atoms. The summed E-state index contributed by atoms with van der Waals surface area (Å²) in [5.41, 5.74) is 5.12. The number of anilines is 1. The zero-order valence-corrected chi connectivity index (χ0v) is 23.4. The van der Waals surface area contributed by atoms with Crippen LogP contribution in [0.1, 0.15) is 31.6 Å². The fraction of sp³-hybridized carbons (Fsp3) is 0.393. The number of carbonyl (C=O) groups excluding carboxylic acids is 1. The van der Waals surface area contributed by atoms with Gasteiger partial charge in [0.15, 0.2) is 0 Å². The quantitative estimate of drug-likeness (QED) is 0.212. The number of para-hydroxylation sites is 1. The summed E-state index contributed by atoms with van der Waals surface area (Å²) in [6.45, 7) is 1.45. The van der Waals surface area contributed by atoms with Gasteiger partial charge >= 0.3 is 19.4 Å². The van der Waals surface area contributed by atoms with Gasteiger partial charge in [0.25, 0.3) is 0 Å². The minimum Gasteiger partial charge on any atom is -0.465 e. The standard InChI is InChI=1S/C28H33N4O8P/c1-2-37-25(34)21(17-19-9-5-3-6-10-19)31-41(36,40-20-11-7-4-8-12-20)38-18-22-24(33)28(14-15-28)26(39-22)32-16-13-23(29)30-27(32)35/h3-13,16,21-22,24,26,33H,2,14-15,17-18H2,1H3,(H,31,36)(H2,29,30,35)/t21-,22+,24+,26+,41?/m0/s1. The Hall–Kier alpha value is -3.54. The average Bonchev–Trinajstić information content (AvgIpc) is 3.71. The van der Waals surface area contributed by atoms with E-state index in [1.165, 1.54) is 16.8 Å². The Morgan fingerprint density at radius 2 is 1.88 bits per heavy atom. The molecular formula is C28H33N4O8P. The Kier molecular flexibility index (Phi) is 8.58. The summed E-state index contributed by atoms with van der Waals surface area (Å²) in [5, 5.41) is 14.0. The summed E-state index contributed by atoms with van der Waals surface area (Å²) in [4.78, 5) is 29.2. The first-order valence-corrected chi connectivity index (χ1v) is 14.9. The number of esters is 1. The number of nitrogens with zero attached hydrogens (tertiary/aromatic N) is 2. The Morgan fingerprint density at radius 3 is 2.51 bits per heavy atom. The number of aliphatic hydroxyl groups excluding tert-OH is 1. The third-order valence-corrected chi connectivity index (χ3v) is 8.78. The molecule has 1 saturated heterocycles. The summed E-state index contributed by atoms with van der Waals surface area (Å²) in [5.74, 6) is -0.304. The molecule has 2 aromatic carbocycles. The van der Waals surface area contributed by atoms with Crippen molar-refractivity contribution in [3.05, 3.63) is 89.0 Å². The molecule has 1 aliphatic heterocycles. The highest BCUT2D eigenvalue weighted by Gasteiger charge is 2.64. The van der Waals surface area contributed by atoms with E-state index < -0.39 is 49.3 Å². The Bertz CT molecular complexity index is 1450. The number of rotatable bonds is 12. The smallest absolute Gasteiger partial charge is 0.459 e. The molecule has 5 rings (SSSR count). The SMILES string of the molecule is CCOC(=O)[C@H](Cc1ccccc1)NP(=O)(OC[C@H]1O[C@@H](n2ccc(N)nc2=O)C2(CC2)[C@@H]1O)Oc1ccccc1. The Balaban J connectivity index is 1.37. The molecule has 1 aliphatic carbocycles. The molecule has 0 radical (unpaired) electrons. The normalized spacial score (nSPS) is 23.0. The zero-order chi connectivity index (χ0) is 29.0. The van der Waals surface area contributed by atoms with E-state index >= 15 is 0 Å². The van der Waals surface area contributed by atoms with Gasteiger partial charge in [-0.05, 0) is 49.9 Å². The van der Waals surface area contributed by atoms with Crippen LogP contribution in [-0.2, 0) is 29.8 Å². The third kappa shape index (κ3) is 6.52. The van der Waals surface area contributed by atoms with Gasteiger partial charge in [-0.2, -0.15) is 10.1 Å². The minimum absolute atomic E-state index is 0.0752. The Labute approximate surface area is 237 Å². The van der Waals surface area contributed by atoms with Gasteiger partial charge in [-0.1, -0.05) is 48.5 Å². The van der Waals surface area contributed by atoms with E-state index in [1.54, 1.807) is 37.3 Å². The first kappa shape index (κ1) is 29.0. The summed E-state index contributed by atoms with van der Waals surface area (Å²) in [6, 6.07) is 18.0. The van der Waals surface area contributed by atoms with Gasteiger partial charge in [-0.25, -0.2) is 9.36 Å². The van der Waals surface area contributed by atoms with Crippen LogP contribution in [0.5, 0.6) is 5.75 Å². The monoisotopic (exact) mass is 584 g/mol. The van der Waals surface area contributed by atoms with E-state index in [9.17, 15) is 19.3 Å². The molecule has 218 valence electrons. The van der Waals surface area contributed by atoms with Crippen molar-refractivity contribution in [1.82, 2.24) is 14.6 Å². The molecule has 13 heteroatoms. The maximum absolute atomic E-state index is 14.2. The predicted octanol–water partition coefficient (Wildman–Crippen LogP) is 2.83. The van der Waals surface area contributed by atoms with E-state index in [-0.39, 0.29) is 31.2 Å². The van der Waals surface area contributed by atoms with Crippen LogP contribution in [0, 0.1) is 5.41 Å². The number of ether oxygens (including phenoxy) is 2. The van der Waals surface area contributed by atoms with Crippen LogP contribution in [0.25, 0.3) is 0 Å². The van der Waals surface area contributed by atoms with Crippen molar-refractivity contribution < 1.29 is 33.0 Å². The molecule has 1 aromatic heterocycles. The molecule has 3 aromatic rings. The van der Waals surface area contributed by atoms with Crippen LogP contribution in [0.2, 0.25) is 0 Å². The number of aromatic nitrogens is 2. The average molecular weight is 585 g/mol. The van der Waals surface area contributed by atoms with E-state index in [4.69, 9.17) is 24.3 Å². The van der Waals surface area contributed by atoms with E-state index in [0.717, 1.165) is 5.56 Å². The van der Waals surface area contributed by atoms with Gasteiger partial charge in [0.2, 0.25) is 0 Å². The number of nitrogen functional groups attached to an aromatic ring is 1. The lowest BCUT2D eigenvalue weighted by molar-refractivity contribution is -0.145. The maximum Gasteiger partial charge on any atom is 0.459 e. The lowest BCUT2D eigenvalue weighted by Gasteiger charge is -2.26. The van der Waals surface area contributed by atoms with E-state index in [2.05, 4.69) is 10.1 Å². The largest absolute Gasteiger partial charge is 0.465 e. The number of nitrogens with one attached hydrogen (secondary N) is 1. The third-order valence-electron chi connectivity index (χ3n) is 7.21. The molecule has 4 N–H and O–H groups in total. The highest BCUT2D eigenvalue weighted by molar-refractivity contribution is 7.52. The number of hydrogen-bond donors (Lipinski definition) is 3. The summed E-state index contributed by atoms with van der Waals surface area (Å²) in [6.07, 6.45) is 0.0914. The van der Waals surface area contributed by atoms with Gasteiger partial charge in [0, 0.05) is 11.6 Å². The summed E-state index contributed by atoms with van der Waals surface area (Å²) >= 11 is 0. The second kappa shape index (κ2) is 12.1. The van der Waals surface area contributed by atoms with Crippen LogP contribution in [0.3, 0.4) is 0 Å². The number of benzene rings is 2. The molecule has 5 atom stereocenters. The fourth-order valence-electron chi connectivity index (χ4n) is 5.00. The molecule has 1 saturated carbocycles. The summed E-state index contributed by atoms with van der Waals surface area (Å²) < 4.78 is 38.5. The van der Waals surface area contributed by atoms with Gasteiger partial charge in [-0.3, -0.25) is 13.9 Å². The van der Waals surface area contributed by atoms with Crippen molar-refractivity contribution >= 4 is 19.5 Å². The molecular weight excluding hydrogens is 551 g/mol. The van der Waals surface area contributed by atoms with Crippen molar-refractivity contribution in [2.24, 2.45) is 5.41 Å². The predicted molar refractivity (Wildman–Crippen MR) is 149 cm³/mol. The van der Waals surface area contributed by atoms with Crippen LogP contribution < -0.4 is 21.0 Å². The molecule has 2 aliphatic rings. The molecule has 1 unspecified atom stereocenters. The highest BCUT2D eigenvalue weighted by Crippen LogP contribution is 2.62. The van der Waals surface area contributed by atoms with Crippen LogP contribution in [-0.4, -0.2) is 52.1 Å². The lowest BCUT2D eigenvalue weighted by atomic mass is 9.96.